The average Bonchev–Trinajstić information content (AvgIpc) is 2.72. The molecule has 0 aliphatic carbocycles. The maximum atomic E-state index is 12.7. The third-order valence-electron chi connectivity index (χ3n) is 4.25. The van der Waals surface area contributed by atoms with E-state index in [2.05, 4.69) is 5.32 Å². The standard InChI is InChI=1S/C23H28N2O5/c1-15(2)13-19(25-21(26)16(3)24)23(28)30-20-12-8-7-11-18(20)22(27)29-14-17-9-5-4-6-10-17/h4-12,15-16,19H,13-14,24H2,1-3H3,(H,25,26)/t16-,19-/m0/s1. The van der Waals surface area contributed by atoms with E-state index in [9.17, 15) is 14.4 Å². The number of nitrogens with two attached hydrogens (primary N) is 1. The molecule has 0 fully saturated rings. The van der Waals surface area contributed by atoms with Gasteiger partial charge in [0.1, 0.15) is 24.0 Å². The number of hydrogen-bond donors (Lipinski definition) is 2. The van der Waals surface area contributed by atoms with Crippen LogP contribution in [-0.4, -0.2) is 29.9 Å². The Balaban J connectivity index is 2.11. The molecule has 2 atom stereocenters. The zero-order chi connectivity index (χ0) is 22.1. The van der Waals surface area contributed by atoms with Crippen molar-refractivity contribution in [1.82, 2.24) is 5.32 Å². The van der Waals surface area contributed by atoms with Gasteiger partial charge >= 0.3 is 11.9 Å². The molecule has 1 amide bonds. The number of rotatable bonds is 9. The summed E-state index contributed by atoms with van der Waals surface area (Å²) in [6.07, 6.45) is 0.373. The summed E-state index contributed by atoms with van der Waals surface area (Å²) < 4.78 is 10.8. The van der Waals surface area contributed by atoms with Crippen LogP contribution in [0.1, 0.15) is 43.1 Å². The first kappa shape index (κ1) is 23.1. The number of carbonyl (C=O) groups excluding carboxylic acids is 3. The Morgan fingerprint density at radius 2 is 1.60 bits per heavy atom. The number of ether oxygens (including phenoxy) is 2. The van der Waals surface area contributed by atoms with Gasteiger partial charge in [-0.05, 0) is 37.0 Å². The lowest BCUT2D eigenvalue weighted by molar-refractivity contribution is -0.140. The Hall–Kier alpha value is -3.19. The molecular formula is C23H28N2O5. The van der Waals surface area contributed by atoms with E-state index in [1.807, 2.05) is 44.2 Å². The average molecular weight is 412 g/mol. The van der Waals surface area contributed by atoms with Gasteiger partial charge in [0.05, 0.1) is 6.04 Å². The van der Waals surface area contributed by atoms with Gasteiger partial charge in [0.2, 0.25) is 5.91 Å². The highest BCUT2D eigenvalue weighted by Gasteiger charge is 2.26. The van der Waals surface area contributed by atoms with E-state index in [-0.39, 0.29) is 23.8 Å². The Morgan fingerprint density at radius 1 is 0.967 bits per heavy atom. The summed E-state index contributed by atoms with van der Waals surface area (Å²) in [5, 5.41) is 2.61. The second kappa shape index (κ2) is 11.1. The number of carbonyl (C=O) groups is 3. The van der Waals surface area contributed by atoms with Crippen LogP contribution in [0.4, 0.5) is 0 Å². The zero-order valence-electron chi connectivity index (χ0n) is 17.5. The molecule has 7 heteroatoms. The Kier molecular flexibility index (Phi) is 8.55. The van der Waals surface area contributed by atoms with E-state index in [0.29, 0.717) is 6.42 Å². The van der Waals surface area contributed by atoms with E-state index >= 15 is 0 Å². The van der Waals surface area contributed by atoms with Crippen LogP contribution in [0.15, 0.2) is 54.6 Å². The zero-order valence-corrected chi connectivity index (χ0v) is 17.5. The first-order valence-corrected chi connectivity index (χ1v) is 9.85. The summed E-state index contributed by atoms with van der Waals surface area (Å²) in [5.74, 6) is -1.53. The molecule has 0 saturated carbocycles. The fourth-order valence-electron chi connectivity index (χ4n) is 2.69. The first-order chi connectivity index (χ1) is 14.3. The summed E-state index contributed by atoms with van der Waals surface area (Å²) in [5.41, 5.74) is 6.56. The van der Waals surface area contributed by atoms with Gasteiger partial charge in [0, 0.05) is 0 Å². The molecule has 0 aliphatic rings. The van der Waals surface area contributed by atoms with Crippen molar-refractivity contribution in [2.75, 3.05) is 0 Å². The molecule has 0 aliphatic heterocycles. The minimum Gasteiger partial charge on any atom is -0.457 e. The maximum absolute atomic E-state index is 12.7. The number of nitrogens with one attached hydrogen (secondary N) is 1. The van der Waals surface area contributed by atoms with Gasteiger partial charge in [0.25, 0.3) is 0 Å². The Morgan fingerprint density at radius 3 is 2.23 bits per heavy atom. The molecule has 160 valence electrons. The summed E-state index contributed by atoms with van der Waals surface area (Å²) in [7, 11) is 0. The number of benzene rings is 2. The van der Waals surface area contributed by atoms with Crippen molar-refractivity contribution in [1.29, 1.82) is 0 Å². The Bertz CT molecular complexity index is 865. The van der Waals surface area contributed by atoms with E-state index in [4.69, 9.17) is 15.2 Å². The highest BCUT2D eigenvalue weighted by atomic mass is 16.5. The van der Waals surface area contributed by atoms with Crippen LogP contribution in [-0.2, 0) is 20.9 Å². The maximum Gasteiger partial charge on any atom is 0.342 e. The molecule has 3 N–H and O–H groups in total. The van der Waals surface area contributed by atoms with Crippen LogP contribution in [0.5, 0.6) is 5.75 Å². The molecule has 2 aromatic rings. The first-order valence-electron chi connectivity index (χ1n) is 9.85. The Labute approximate surface area is 176 Å². The van der Waals surface area contributed by atoms with Gasteiger partial charge in [-0.25, -0.2) is 9.59 Å². The van der Waals surface area contributed by atoms with E-state index in [1.165, 1.54) is 19.1 Å². The SMILES string of the molecule is CC(C)C[C@H](NC(=O)[C@H](C)N)C(=O)Oc1ccccc1C(=O)OCc1ccccc1. The summed E-state index contributed by atoms with van der Waals surface area (Å²) in [6.45, 7) is 5.48. The van der Waals surface area contributed by atoms with Crippen LogP contribution >= 0.6 is 0 Å². The molecule has 0 saturated heterocycles. The van der Waals surface area contributed by atoms with Crippen molar-refractivity contribution in [2.24, 2.45) is 11.7 Å². The highest BCUT2D eigenvalue weighted by Crippen LogP contribution is 2.21. The quantitative estimate of drug-likeness (QED) is 0.484. The van der Waals surface area contributed by atoms with Crippen molar-refractivity contribution in [3.8, 4) is 5.75 Å². The van der Waals surface area contributed by atoms with E-state index in [0.717, 1.165) is 5.56 Å². The molecule has 0 spiro atoms. The minimum atomic E-state index is -0.878. The highest BCUT2D eigenvalue weighted by molar-refractivity contribution is 5.94. The number of hydrogen-bond acceptors (Lipinski definition) is 6. The second-order valence-corrected chi connectivity index (χ2v) is 7.46. The van der Waals surface area contributed by atoms with Gasteiger partial charge in [-0.2, -0.15) is 0 Å². The van der Waals surface area contributed by atoms with Crippen molar-refractivity contribution in [2.45, 2.75) is 45.9 Å². The lowest BCUT2D eigenvalue weighted by atomic mass is 10.0. The molecule has 7 nitrogen and oxygen atoms in total. The van der Waals surface area contributed by atoms with Crippen LogP contribution < -0.4 is 15.8 Å². The molecular weight excluding hydrogens is 384 g/mol. The number of amides is 1. The lowest BCUT2D eigenvalue weighted by Gasteiger charge is -2.21. The molecule has 2 rings (SSSR count). The topological polar surface area (TPSA) is 108 Å². The van der Waals surface area contributed by atoms with Crippen LogP contribution in [0.2, 0.25) is 0 Å². The smallest absolute Gasteiger partial charge is 0.342 e. The third-order valence-corrected chi connectivity index (χ3v) is 4.25. The molecule has 0 bridgehead atoms. The van der Waals surface area contributed by atoms with Gasteiger partial charge in [-0.3, -0.25) is 4.79 Å². The largest absolute Gasteiger partial charge is 0.457 e. The molecule has 0 aromatic heterocycles. The predicted molar refractivity (Wildman–Crippen MR) is 113 cm³/mol. The fraction of sp³-hybridized carbons (Fsp3) is 0.348. The van der Waals surface area contributed by atoms with Crippen molar-refractivity contribution in [3.05, 3.63) is 65.7 Å². The molecule has 30 heavy (non-hydrogen) atoms. The van der Waals surface area contributed by atoms with Gasteiger partial charge < -0.3 is 20.5 Å². The molecule has 0 radical (unpaired) electrons. The van der Waals surface area contributed by atoms with Crippen LogP contribution in [0, 0.1) is 5.92 Å². The normalized spacial score (nSPS) is 12.7. The van der Waals surface area contributed by atoms with E-state index < -0.39 is 29.9 Å². The van der Waals surface area contributed by atoms with Crippen LogP contribution in [0.3, 0.4) is 0 Å². The van der Waals surface area contributed by atoms with Crippen molar-refractivity contribution < 1.29 is 23.9 Å². The lowest BCUT2D eigenvalue weighted by Crippen LogP contribution is -2.49. The van der Waals surface area contributed by atoms with Gasteiger partial charge in [-0.1, -0.05) is 56.3 Å². The van der Waals surface area contributed by atoms with Crippen molar-refractivity contribution >= 4 is 17.8 Å². The molecule has 0 unspecified atom stereocenters. The van der Waals surface area contributed by atoms with E-state index in [1.54, 1.807) is 12.1 Å². The fourth-order valence-corrected chi connectivity index (χ4v) is 2.69. The number of para-hydroxylation sites is 1. The second-order valence-electron chi connectivity index (χ2n) is 7.46. The summed E-state index contributed by atoms with van der Waals surface area (Å²) >= 11 is 0. The third kappa shape index (κ3) is 7.00. The predicted octanol–water partition coefficient (Wildman–Crippen LogP) is 2.83. The van der Waals surface area contributed by atoms with Gasteiger partial charge in [0.15, 0.2) is 0 Å². The summed E-state index contributed by atoms with van der Waals surface area (Å²) in [4.78, 5) is 37.2. The monoisotopic (exact) mass is 412 g/mol. The number of esters is 2. The van der Waals surface area contributed by atoms with Gasteiger partial charge in [-0.15, -0.1) is 0 Å². The van der Waals surface area contributed by atoms with Crippen molar-refractivity contribution in [3.63, 3.8) is 0 Å². The minimum absolute atomic E-state index is 0.0735. The molecule has 0 heterocycles. The molecule has 2 aromatic carbocycles. The van der Waals surface area contributed by atoms with Crippen LogP contribution in [0.25, 0.3) is 0 Å². The summed E-state index contributed by atoms with van der Waals surface area (Å²) in [6, 6.07) is 14.0.